The molecule has 0 unspecified atom stereocenters. The van der Waals surface area contributed by atoms with E-state index in [2.05, 4.69) is 39.0 Å². The Morgan fingerprint density at radius 3 is 2.47 bits per heavy atom. The number of aromatic nitrogens is 6. The minimum absolute atomic E-state index is 0.0359. The van der Waals surface area contributed by atoms with Gasteiger partial charge in [0, 0.05) is 12.5 Å². The predicted molar refractivity (Wildman–Crippen MR) is 134 cm³/mol. The molecule has 9 nitrogen and oxygen atoms in total. The number of aromatic amines is 1. The summed E-state index contributed by atoms with van der Waals surface area (Å²) < 4.78 is 0.587. The number of thiophene rings is 1. The molecule has 1 saturated carbocycles. The van der Waals surface area contributed by atoms with Crippen LogP contribution < -0.4 is 5.73 Å². The largest absolute Gasteiger partial charge is 0.393 e. The highest BCUT2D eigenvalue weighted by molar-refractivity contribution is 7.17. The Hall–Kier alpha value is -2.82. The molecule has 4 heterocycles. The normalized spacial score (nSPS) is 13.8. The van der Waals surface area contributed by atoms with Gasteiger partial charge in [0.1, 0.15) is 5.82 Å². The van der Waals surface area contributed by atoms with E-state index in [0.29, 0.717) is 20.9 Å². The van der Waals surface area contributed by atoms with E-state index in [-0.39, 0.29) is 6.10 Å². The van der Waals surface area contributed by atoms with Gasteiger partial charge in [0.25, 0.3) is 5.91 Å². The van der Waals surface area contributed by atoms with Crippen molar-refractivity contribution in [1.29, 1.82) is 0 Å². The van der Waals surface area contributed by atoms with Crippen molar-refractivity contribution in [2.24, 2.45) is 11.7 Å². The lowest BCUT2D eigenvalue weighted by atomic mass is 9.98. The van der Waals surface area contributed by atoms with E-state index in [1.807, 2.05) is 6.07 Å². The SMILES string of the molecule is CC(C)Cc1nc2cc(-n3nccn3)ncc2[nH]1.NC(=O)c1ccc(Cl)s1.OC1CCCCC1. The summed E-state index contributed by atoms with van der Waals surface area (Å²) >= 11 is 6.70. The first-order valence-corrected chi connectivity index (χ1v) is 12.5. The number of rotatable bonds is 4. The van der Waals surface area contributed by atoms with Gasteiger partial charge in [0.05, 0.1) is 44.9 Å². The molecule has 0 aromatic carbocycles. The number of fused-ring (bicyclic) bond motifs is 1. The maximum atomic E-state index is 10.4. The number of nitrogens with one attached hydrogen (secondary N) is 1. The zero-order chi connectivity index (χ0) is 24.5. The smallest absolute Gasteiger partial charge is 0.258 e. The number of hydrogen-bond donors (Lipinski definition) is 3. The van der Waals surface area contributed by atoms with Crippen molar-refractivity contribution in [2.45, 2.75) is 58.5 Å². The second-order valence-electron chi connectivity index (χ2n) is 8.42. The third-order valence-corrected chi connectivity index (χ3v) is 6.26. The molecule has 0 spiro atoms. The van der Waals surface area contributed by atoms with Gasteiger partial charge in [0.15, 0.2) is 5.82 Å². The third-order valence-electron chi connectivity index (χ3n) is 5.02. The average Bonchev–Trinajstić information content (AvgIpc) is 3.55. The van der Waals surface area contributed by atoms with Crippen molar-refractivity contribution in [3.05, 3.63) is 51.8 Å². The summed E-state index contributed by atoms with van der Waals surface area (Å²) in [4.78, 5) is 24.5. The van der Waals surface area contributed by atoms with E-state index in [1.165, 1.54) is 35.4 Å². The maximum Gasteiger partial charge on any atom is 0.258 e. The Balaban J connectivity index is 0.000000168. The van der Waals surface area contributed by atoms with Gasteiger partial charge in [-0.05, 0) is 30.9 Å². The van der Waals surface area contributed by atoms with E-state index in [4.69, 9.17) is 22.4 Å². The fourth-order valence-corrected chi connectivity index (χ4v) is 4.30. The number of amides is 1. The van der Waals surface area contributed by atoms with E-state index < -0.39 is 5.91 Å². The molecule has 1 fully saturated rings. The van der Waals surface area contributed by atoms with Gasteiger partial charge in [-0.25, -0.2) is 9.97 Å². The molecular formula is C23H30ClN7O2S. The Kier molecular flexibility index (Phi) is 9.55. The van der Waals surface area contributed by atoms with Crippen LogP contribution in [0.4, 0.5) is 0 Å². The third kappa shape index (κ3) is 7.89. The second-order valence-corrected chi connectivity index (χ2v) is 10.1. The lowest BCUT2D eigenvalue weighted by Gasteiger charge is -2.14. The molecule has 4 aromatic rings. The summed E-state index contributed by atoms with van der Waals surface area (Å²) in [7, 11) is 0. The Morgan fingerprint density at radius 1 is 1.26 bits per heavy atom. The Labute approximate surface area is 207 Å². The van der Waals surface area contributed by atoms with Crippen LogP contribution in [0.3, 0.4) is 0 Å². The lowest BCUT2D eigenvalue weighted by molar-refractivity contribution is 0.100. The summed E-state index contributed by atoms with van der Waals surface area (Å²) in [6.45, 7) is 4.34. The van der Waals surface area contributed by atoms with Gasteiger partial charge >= 0.3 is 0 Å². The number of primary amides is 1. The van der Waals surface area contributed by atoms with Crippen LogP contribution in [0, 0.1) is 5.92 Å². The molecule has 0 radical (unpaired) electrons. The number of nitrogens with two attached hydrogens (primary N) is 1. The summed E-state index contributed by atoms with van der Waals surface area (Å²) in [5.74, 6) is 1.82. The molecule has 0 saturated heterocycles. The van der Waals surface area contributed by atoms with E-state index in [1.54, 1.807) is 30.7 Å². The van der Waals surface area contributed by atoms with Crippen LogP contribution in [0.25, 0.3) is 16.9 Å². The number of carbonyl (C=O) groups excluding carboxylic acids is 1. The standard InChI is InChI=1S/C12H14N6.C6H12O.C5H4ClNOS/c1-8(2)5-11-16-9-6-12(13-7-10(9)17-11)18-14-3-4-15-18;7-6-4-2-1-3-5-6;6-4-2-1-3(9-4)5(7)8/h3-4,6-8H,5H2,1-2H3,(H,16,17);6-7H,1-5H2;1-2H,(H2,7,8). The number of nitrogens with zero attached hydrogens (tertiary/aromatic N) is 5. The van der Waals surface area contributed by atoms with Gasteiger partial charge in [0.2, 0.25) is 0 Å². The first kappa shape index (κ1) is 25.8. The van der Waals surface area contributed by atoms with Crippen molar-refractivity contribution in [1.82, 2.24) is 29.9 Å². The number of aliphatic hydroxyl groups excluding tert-OH is 1. The van der Waals surface area contributed by atoms with Gasteiger partial charge < -0.3 is 15.8 Å². The van der Waals surface area contributed by atoms with Crippen LogP contribution in [0.1, 0.15) is 61.4 Å². The van der Waals surface area contributed by atoms with Crippen molar-refractivity contribution in [3.8, 4) is 5.82 Å². The molecule has 182 valence electrons. The molecule has 1 aliphatic rings. The second kappa shape index (κ2) is 12.6. The fourth-order valence-electron chi connectivity index (χ4n) is 3.41. The molecule has 0 atom stereocenters. The van der Waals surface area contributed by atoms with Gasteiger partial charge in [-0.2, -0.15) is 10.2 Å². The summed E-state index contributed by atoms with van der Waals surface area (Å²) in [6.07, 6.45) is 11.9. The minimum atomic E-state index is -0.424. The number of pyridine rings is 1. The van der Waals surface area contributed by atoms with Crippen molar-refractivity contribution in [2.75, 3.05) is 0 Å². The first-order valence-electron chi connectivity index (χ1n) is 11.3. The Morgan fingerprint density at radius 2 is 1.97 bits per heavy atom. The van der Waals surface area contributed by atoms with E-state index >= 15 is 0 Å². The molecule has 34 heavy (non-hydrogen) atoms. The van der Waals surface area contributed by atoms with Crippen LogP contribution in [0.2, 0.25) is 4.34 Å². The molecule has 4 N–H and O–H groups in total. The van der Waals surface area contributed by atoms with Crippen molar-refractivity contribution >= 4 is 39.9 Å². The molecule has 0 bridgehead atoms. The van der Waals surface area contributed by atoms with Crippen LogP contribution >= 0.6 is 22.9 Å². The quantitative estimate of drug-likeness (QED) is 0.373. The van der Waals surface area contributed by atoms with Crippen molar-refractivity contribution < 1.29 is 9.90 Å². The van der Waals surface area contributed by atoms with Gasteiger partial charge in [-0.3, -0.25) is 4.79 Å². The van der Waals surface area contributed by atoms with E-state index in [0.717, 1.165) is 36.1 Å². The molecule has 4 aromatic heterocycles. The highest BCUT2D eigenvalue weighted by Gasteiger charge is 2.08. The maximum absolute atomic E-state index is 10.4. The summed E-state index contributed by atoms with van der Waals surface area (Å²) in [5.41, 5.74) is 6.78. The lowest BCUT2D eigenvalue weighted by Crippen LogP contribution is -2.09. The molecule has 11 heteroatoms. The minimum Gasteiger partial charge on any atom is -0.393 e. The van der Waals surface area contributed by atoms with Gasteiger partial charge in [-0.15, -0.1) is 16.1 Å². The van der Waals surface area contributed by atoms with Crippen LogP contribution in [0.5, 0.6) is 0 Å². The fraction of sp³-hybridized carbons (Fsp3) is 0.435. The highest BCUT2D eigenvalue weighted by Crippen LogP contribution is 2.20. The molecule has 0 aliphatic heterocycles. The number of H-pyrrole nitrogens is 1. The number of hydrogen-bond acceptors (Lipinski definition) is 7. The van der Waals surface area contributed by atoms with Crippen LogP contribution in [0.15, 0.2) is 36.8 Å². The molecular weight excluding hydrogens is 474 g/mol. The number of imidazole rings is 1. The molecule has 1 aliphatic carbocycles. The summed E-state index contributed by atoms with van der Waals surface area (Å²) in [5, 5.41) is 17.0. The zero-order valence-electron chi connectivity index (χ0n) is 19.3. The van der Waals surface area contributed by atoms with Gasteiger partial charge in [-0.1, -0.05) is 44.7 Å². The van der Waals surface area contributed by atoms with Crippen LogP contribution in [-0.2, 0) is 6.42 Å². The molecule has 1 amide bonds. The van der Waals surface area contributed by atoms with Crippen molar-refractivity contribution in [3.63, 3.8) is 0 Å². The highest BCUT2D eigenvalue weighted by atomic mass is 35.5. The number of carbonyl (C=O) groups is 1. The predicted octanol–water partition coefficient (Wildman–Crippen LogP) is 4.55. The number of aliphatic hydroxyl groups is 1. The zero-order valence-corrected chi connectivity index (χ0v) is 20.9. The van der Waals surface area contributed by atoms with E-state index in [9.17, 15) is 4.79 Å². The van der Waals surface area contributed by atoms with Crippen LogP contribution in [-0.4, -0.2) is 47.1 Å². The Bertz CT molecular complexity index is 1170. The first-order chi connectivity index (χ1) is 16.3. The monoisotopic (exact) mass is 503 g/mol. The summed E-state index contributed by atoms with van der Waals surface area (Å²) in [6, 6.07) is 5.14. The number of halogens is 1. The average molecular weight is 504 g/mol. The topological polar surface area (TPSA) is 136 Å². The molecule has 5 rings (SSSR count).